The number of morpholine rings is 1. The summed E-state index contributed by atoms with van der Waals surface area (Å²) < 4.78 is 8.06. The molecule has 1 fully saturated rings. The fraction of sp³-hybridized carbons (Fsp3) is 0.438. The predicted octanol–water partition coefficient (Wildman–Crippen LogP) is 2.46. The number of imidazole rings is 1. The Labute approximate surface area is 119 Å². The monoisotopic (exact) mass is 271 g/mol. The second kappa shape index (κ2) is 5.77. The van der Waals surface area contributed by atoms with Gasteiger partial charge in [0.15, 0.2) is 0 Å². The smallest absolute Gasteiger partial charge is 0.111 e. The summed E-state index contributed by atoms with van der Waals surface area (Å²) >= 11 is 0. The highest BCUT2D eigenvalue weighted by Gasteiger charge is 2.21. The number of aromatic nitrogens is 2. The maximum Gasteiger partial charge on any atom is 0.111 e. The average Bonchev–Trinajstić information content (AvgIpc) is 2.97. The van der Waals surface area contributed by atoms with E-state index in [1.54, 1.807) is 0 Å². The molecule has 1 aromatic heterocycles. The summed E-state index contributed by atoms with van der Waals surface area (Å²) in [5.41, 5.74) is 3.72. The Morgan fingerprint density at radius 3 is 2.85 bits per heavy atom. The second-order valence-electron chi connectivity index (χ2n) is 5.38. The molecule has 1 saturated heterocycles. The van der Waals surface area contributed by atoms with E-state index in [2.05, 4.69) is 53.0 Å². The maximum absolute atomic E-state index is 5.84. The molecule has 0 amide bonds. The summed E-state index contributed by atoms with van der Waals surface area (Å²) in [6.07, 6.45) is 3.92. The summed E-state index contributed by atoms with van der Waals surface area (Å²) in [6, 6.07) is 8.94. The number of nitrogens with zero attached hydrogens (tertiary/aromatic N) is 2. The van der Waals surface area contributed by atoms with Crippen LogP contribution in [0.25, 0.3) is 0 Å². The van der Waals surface area contributed by atoms with Gasteiger partial charge in [-0.15, -0.1) is 0 Å². The first-order chi connectivity index (χ1) is 9.75. The normalized spacial score (nSPS) is 20.8. The quantitative estimate of drug-likeness (QED) is 0.932. The van der Waals surface area contributed by atoms with Crippen molar-refractivity contribution in [2.24, 2.45) is 0 Å². The summed E-state index contributed by atoms with van der Waals surface area (Å²) in [7, 11) is 0. The van der Waals surface area contributed by atoms with Gasteiger partial charge in [0, 0.05) is 13.1 Å². The fourth-order valence-corrected chi connectivity index (χ4v) is 2.65. The lowest BCUT2D eigenvalue weighted by Gasteiger charge is -2.26. The van der Waals surface area contributed by atoms with Crippen LogP contribution in [0.1, 0.15) is 35.9 Å². The van der Waals surface area contributed by atoms with Gasteiger partial charge in [-0.3, -0.25) is 0 Å². The molecule has 2 atom stereocenters. The van der Waals surface area contributed by atoms with Gasteiger partial charge in [-0.05, 0) is 19.4 Å². The van der Waals surface area contributed by atoms with E-state index in [0.717, 1.165) is 25.4 Å². The van der Waals surface area contributed by atoms with Crippen LogP contribution in [0, 0.1) is 6.92 Å². The first-order valence-electron chi connectivity index (χ1n) is 7.16. The lowest BCUT2D eigenvalue weighted by molar-refractivity contribution is 0.0224. The van der Waals surface area contributed by atoms with E-state index in [0.29, 0.717) is 0 Å². The molecule has 20 heavy (non-hydrogen) atoms. The highest BCUT2D eigenvalue weighted by atomic mass is 16.5. The van der Waals surface area contributed by atoms with E-state index in [9.17, 15) is 0 Å². The van der Waals surface area contributed by atoms with Crippen LogP contribution in [-0.4, -0.2) is 29.2 Å². The van der Waals surface area contributed by atoms with E-state index in [-0.39, 0.29) is 12.1 Å². The molecule has 2 heterocycles. The third kappa shape index (κ3) is 2.62. The Hall–Kier alpha value is -1.65. The minimum absolute atomic E-state index is 0.0964. The van der Waals surface area contributed by atoms with Crippen LogP contribution in [0.15, 0.2) is 36.8 Å². The zero-order chi connectivity index (χ0) is 13.9. The first kappa shape index (κ1) is 13.3. The standard InChI is InChI=1S/C16H21N3O/c1-12-3-5-14(6-4-12)13(2)19-11-18-9-15(19)16-10-17-7-8-20-16/h3-6,9,11,13,16-17H,7-8,10H2,1-2H3. The maximum atomic E-state index is 5.84. The Morgan fingerprint density at radius 2 is 2.15 bits per heavy atom. The van der Waals surface area contributed by atoms with Gasteiger partial charge in [-0.1, -0.05) is 29.8 Å². The van der Waals surface area contributed by atoms with Crippen molar-refractivity contribution < 1.29 is 4.74 Å². The molecule has 106 valence electrons. The van der Waals surface area contributed by atoms with Crippen LogP contribution in [0.5, 0.6) is 0 Å². The summed E-state index contributed by atoms with van der Waals surface area (Å²) in [6.45, 7) is 6.85. The van der Waals surface area contributed by atoms with Crippen molar-refractivity contribution in [3.05, 3.63) is 53.6 Å². The zero-order valence-electron chi connectivity index (χ0n) is 12.0. The number of aryl methyl sites for hydroxylation is 1. The number of ether oxygens (including phenoxy) is 1. The molecule has 2 unspecified atom stereocenters. The van der Waals surface area contributed by atoms with Gasteiger partial charge < -0.3 is 14.6 Å². The van der Waals surface area contributed by atoms with Crippen LogP contribution >= 0.6 is 0 Å². The minimum Gasteiger partial charge on any atom is -0.369 e. The molecule has 1 N–H and O–H groups in total. The van der Waals surface area contributed by atoms with Crippen LogP contribution in [0.2, 0.25) is 0 Å². The largest absolute Gasteiger partial charge is 0.369 e. The van der Waals surface area contributed by atoms with Crippen molar-refractivity contribution in [2.75, 3.05) is 19.7 Å². The molecule has 4 heteroatoms. The molecule has 2 aromatic rings. The fourth-order valence-electron chi connectivity index (χ4n) is 2.65. The van der Waals surface area contributed by atoms with Crippen LogP contribution in [0.3, 0.4) is 0 Å². The van der Waals surface area contributed by atoms with Crippen molar-refractivity contribution >= 4 is 0 Å². The Kier molecular flexibility index (Phi) is 3.85. The van der Waals surface area contributed by atoms with Crippen molar-refractivity contribution in [1.29, 1.82) is 0 Å². The number of rotatable bonds is 3. The zero-order valence-corrected chi connectivity index (χ0v) is 12.0. The number of hydrogen-bond donors (Lipinski definition) is 1. The van der Waals surface area contributed by atoms with E-state index in [1.165, 1.54) is 11.1 Å². The lowest BCUT2D eigenvalue weighted by Crippen LogP contribution is -2.34. The molecule has 3 rings (SSSR count). The van der Waals surface area contributed by atoms with E-state index in [4.69, 9.17) is 4.74 Å². The molecule has 1 aliphatic heterocycles. The van der Waals surface area contributed by atoms with Crippen molar-refractivity contribution in [3.63, 3.8) is 0 Å². The highest BCUT2D eigenvalue weighted by Crippen LogP contribution is 2.25. The summed E-state index contributed by atoms with van der Waals surface area (Å²) in [5, 5.41) is 3.37. The molecule has 0 radical (unpaired) electrons. The molecule has 0 spiro atoms. The number of benzene rings is 1. The molecule has 0 saturated carbocycles. The van der Waals surface area contributed by atoms with Crippen molar-refractivity contribution in [2.45, 2.75) is 26.0 Å². The predicted molar refractivity (Wildman–Crippen MR) is 78.8 cm³/mol. The third-order valence-corrected chi connectivity index (χ3v) is 3.93. The number of nitrogens with one attached hydrogen (secondary N) is 1. The van der Waals surface area contributed by atoms with Gasteiger partial charge in [0.05, 0.1) is 30.9 Å². The topological polar surface area (TPSA) is 39.1 Å². The Balaban J connectivity index is 1.86. The summed E-state index contributed by atoms with van der Waals surface area (Å²) in [5.74, 6) is 0. The minimum atomic E-state index is 0.0964. The first-order valence-corrected chi connectivity index (χ1v) is 7.16. The third-order valence-electron chi connectivity index (χ3n) is 3.93. The van der Waals surface area contributed by atoms with Gasteiger partial charge in [-0.2, -0.15) is 0 Å². The van der Waals surface area contributed by atoms with Gasteiger partial charge in [0.2, 0.25) is 0 Å². The molecule has 0 aliphatic carbocycles. The number of hydrogen-bond acceptors (Lipinski definition) is 3. The second-order valence-corrected chi connectivity index (χ2v) is 5.38. The van der Waals surface area contributed by atoms with Crippen LogP contribution in [-0.2, 0) is 4.74 Å². The lowest BCUT2D eigenvalue weighted by atomic mass is 10.1. The average molecular weight is 271 g/mol. The van der Waals surface area contributed by atoms with E-state index < -0.39 is 0 Å². The van der Waals surface area contributed by atoms with Gasteiger partial charge in [0.1, 0.15) is 6.10 Å². The molecule has 1 aliphatic rings. The molecule has 0 bridgehead atoms. The van der Waals surface area contributed by atoms with E-state index in [1.807, 2.05) is 12.5 Å². The van der Waals surface area contributed by atoms with Gasteiger partial charge >= 0.3 is 0 Å². The van der Waals surface area contributed by atoms with Crippen molar-refractivity contribution in [1.82, 2.24) is 14.9 Å². The van der Waals surface area contributed by atoms with Gasteiger partial charge in [-0.25, -0.2) is 4.98 Å². The van der Waals surface area contributed by atoms with Gasteiger partial charge in [0.25, 0.3) is 0 Å². The molecule has 4 nitrogen and oxygen atoms in total. The highest BCUT2D eigenvalue weighted by molar-refractivity contribution is 5.25. The molecular formula is C16H21N3O. The SMILES string of the molecule is Cc1ccc(C(C)n2cncc2C2CNCCO2)cc1. The van der Waals surface area contributed by atoms with Crippen molar-refractivity contribution in [3.8, 4) is 0 Å². The summed E-state index contributed by atoms with van der Waals surface area (Å²) in [4.78, 5) is 4.32. The Bertz CT molecular complexity index is 555. The van der Waals surface area contributed by atoms with Crippen LogP contribution in [0.4, 0.5) is 0 Å². The molecule has 1 aromatic carbocycles. The Morgan fingerprint density at radius 1 is 1.35 bits per heavy atom. The molecular weight excluding hydrogens is 250 g/mol. The van der Waals surface area contributed by atoms with Crippen LogP contribution < -0.4 is 5.32 Å². The van der Waals surface area contributed by atoms with E-state index >= 15 is 0 Å².